The van der Waals surface area contributed by atoms with Crippen LogP contribution in [0, 0.1) is 6.92 Å². The highest BCUT2D eigenvalue weighted by Crippen LogP contribution is 2.22. The van der Waals surface area contributed by atoms with Crippen LogP contribution in [0.3, 0.4) is 0 Å². The average Bonchev–Trinajstić information content (AvgIpc) is 2.73. The molecule has 0 fully saturated rings. The standard InChI is InChI=1S/C14H12N2/c1-10-7-8-12-14(15-10)9-13(16-12)11-5-3-2-4-6-11/h2-9,16H,1H3. The number of hydrogen-bond acceptors (Lipinski definition) is 1. The number of hydrogen-bond donors (Lipinski definition) is 1. The van der Waals surface area contributed by atoms with Crippen LogP contribution in [0.1, 0.15) is 5.69 Å². The molecule has 1 N–H and O–H groups in total. The first-order valence-electron chi connectivity index (χ1n) is 5.35. The van der Waals surface area contributed by atoms with E-state index in [1.807, 2.05) is 31.2 Å². The van der Waals surface area contributed by atoms with Crippen LogP contribution in [0.2, 0.25) is 0 Å². The van der Waals surface area contributed by atoms with Gasteiger partial charge in [0.15, 0.2) is 0 Å². The van der Waals surface area contributed by atoms with Gasteiger partial charge in [-0.3, -0.25) is 4.98 Å². The van der Waals surface area contributed by atoms with Gasteiger partial charge < -0.3 is 4.98 Å². The molecule has 0 radical (unpaired) electrons. The van der Waals surface area contributed by atoms with Gasteiger partial charge in [0, 0.05) is 11.4 Å². The van der Waals surface area contributed by atoms with Crippen LogP contribution in [0.25, 0.3) is 22.3 Å². The van der Waals surface area contributed by atoms with E-state index in [1.54, 1.807) is 0 Å². The molecule has 16 heavy (non-hydrogen) atoms. The quantitative estimate of drug-likeness (QED) is 0.651. The molecule has 0 bridgehead atoms. The zero-order chi connectivity index (χ0) is 11.0. The average molecular weight is 208 g/mol. The molecule has 2 aromatic heterocycles. The van der Waals surface area contributed by atoms with E-state index in [-0.39, 0.29) is 0 Å². The number of H-pyrrole nitrogens is 1. The molecular formula is C14H12N2. The van der Waals surface area contributed by atoms with Gasteiger partial charge in [-0.15, -0.1) is 0 Å². The molecule has 2 heterocycles. The molecule has 3 rings (SSSR count). The van der Waals surface area contributed by atoms with Crippen molar-refractivity contribution in [3.63, 3.8) is 0 Å². The van der Waals surface area contributed by atoms with Gasteiger partial charge in [0.25, 0.3) is 0 Å². The summed E-state index contributed by atoms with van der Waals surface area (Å²) in [4.78, 5) is 7.87. The van der Waals surface area contributed by atoms with E-state index >= 15 is 0 Å². The van der Waals surface area contributed by atoms with Crippen molar-refractivity contribution in [2.24, 2.45) is 0 Å². The minimum Gasteiger partial charge on any atom is -0.353 e. The second-order valence-corrected chi connectivity index (χ2v) is 3.93. The summed E-state index contributed by atoms with van der Waals surface area (Å²) in [5.74, 6) is 0. The predicted molar refractivity (Wildman–Crippen MR) is 66.3 cm³/mol. The summed E-state index contributed by atoms with van der Waals surface area (Å²) in [5, 5.41) is 0. The van der Waals surface area contributed by atoms with Crippen LogP contribution >= 0.6 is 0 Å². The SMILES string of the molecule is Cc1ccc2[nH]c(-c3ccccc3)cc2n1. The van der Waals surface area contributed by atoms with Crippen LogP contribution in [0.5, 0.6) is 0 Å². The first kappa shape index (κ1) is 9.16. The molecule has 0 saturated carbocycles. The summed E-state index contributed by atoms with van der Waals surface area (Å²) in [6.45, 7) is 2.01. The Balaban J connectivity index is 2.19. The second kappa shape index (κ2) is 3.49. The Kier molecular flexibility index (Phi) is 2.00. The molecule has 1 aromatic carbocycles. The molecule has 0 aliphatic heterocycles. The van der Waals surface area contributed by atoms with Gasteiger partial charge in [-0.05, 0) is 30.7 Å². The van der Waals surface area contributed by atoms with E-state index in [1.165, 1.54) is 5.56 Å². The smallest absolute Gasteiger partial charge is 0.0888 e. The van der Waals surface area contributed by atoms with E-state index < -0.39 is 0 Å². The van der Waals surface area contributed by atoms with Crippen molar-refractivity contribution < 1.29 is 0 Å². The Bertz CT molecular complexity index is 624. The summed E-state index contributed by atoms with van der Waals surface area (Å²) < 4.78 is 0. The Morgan fingerprint density at radius 3 is 2.62 bits per heavy atom. The van der Waals surface area contributed by atoms with E-state index in [9.17, 15) is 0 Å². The Hall–Kier alpha value is -2.09. The number of aromatic amines is 1. The minimum atomic E-state index is 1.03. The van der Waals surface area contributed by atoms with Crippen LogP contribution in [-0.4, -0.2) is 9.97 Å². The molecule has 78 valence electrons. The molecular weight excluding hydrogens is 196 g/mol. The summed E-state index contributed by atoms with van der Waals surface area (Å²) in [6, 6.07) is 16.5. The van der Waals surface area contributed by atoms with Gasteiger partial charge in [0.05, 0.1) is 11.0 Å². The number of nitrogens with one attached hydrogen (secondary N) is 1. The molecule has 0 saturated heterocycles. The minimum absolute atomic E-state index is 1.03. The first-order chi connectivity index (χ1) is 7.83. The number of aryl methyl sites for hydroxylation is 1. The maximum Gasteiger partial charge on any atom is 0.0888 e. The molecule has 2 nitrogen and oxygen atoms in total. The van der Waals surface area contributed by atoms with Crippen molar-refractivity contribution in [3.8, 4) is 11.3 Å². The summed E-state index contributed by atoms with van der Waals surface area (Å²) in [7, 11) is 0. The Morgan fingerprint density at radius 2 is 1.81 bits per heavy atom. The van der Waals surface area contributed by atoms with E-state index in [2.05, 4.69) is 34.2 Å². The number of rotatable bonds is 1. The molecule has 0 atom stereocenters. The van der Waals surface area contributed by atoms with Gasteiger partial charge >= 0.3 is 0 Å². The fourth-order valence-corrected chi connectivity index (χ4v) is 1.88. The van der Waals surface area contributed by atoms with Crippen LogP contribution in [0.15, 0.2) is 48.5 Å². The lowest BCUT2D eigenvalue weighted by atomic mass is 10.2. The van der Waals surface area contributed by atoms with Crippen molar-refractivity contribution in [2.45, 2.75) is 6.92 Å². The third kappa shape index (κ3) is 1.48. The van der Waals surface area contributed by atoms with Gasteiger partial charge in [-0.1, -0.05) is 30.3 Å². The third-order valence-corrected chi connectivity index (χ3v) is 2.70. The predicted octanol–water partition coefficient (Wildman–Crippen LogP) is 3.54. The van der Waals surface area contributed by atoms with Gasteiger partial charge in [-0.25, -0.2) is 0 Å². The van der Waals surface area contributed by atoms with Crippen molar-refractivity contribution in [1.82, 2.24) is 9.97 Å². The highest BCUT2D eigenvalue weighted by Gasteiger charge is 2.03. The van der Waals surface area contributed by atoms with E-state index in [4.69, 9.17) is 0 Å². The van der Waals surface area contributed by atoms with Crippen LogP contribution in [-0.2, 0) is 0 Å². The molecule has 0 amide bonds. The van der Waals surface area contributed by atoms with Gasteiger partial charge in [-0.2, -0.15) is 0 Å². The molecule has 0 spiro atoms. The number of benzene rings is 1. The maximum atomic E-state index is 4.49. The molecule has 3 aromatic rings. The molecule has 0 unspecified atom stereocenters. The zero-order valence-electron chi connectivity index (χ0n) is 9.07. The fraction of sp³-hybridized carbons (Fsp3) is 0.0714. The van der Waals surface area contributed by atoms with E-state index in [0.29, 0.717) is 0 Å². The van der Waals surface area contributed by atoms with Crippen molar-refractivity contribution >= 4 is 11.0 Å². The van der Waals surface area contributed by atoms with Crippen LogP contribution in [0.4, 0.5) is 0 Å². The summed E-state index contributed by atoms with van der Waals surface area (Å²) in [5.41, 5.74) is 5.47. The van der Waals surface area contributed by atoms with Gasteiger partial charge in [0.2, 0.25) is 0 Å². The third-order valence-electron chi connectivity index (χ3n) is 2.70. The number of nitrogens with zero attached hydrogens (tertiary/aromatic N) is 1. The number of aromatic nitrogens is 2. The lowest BCUT2D eigenvalue weighted by molar-refractivity contribution is 1.26. The highest BCUT2D eigenvalue weighted by molar-refractivity contribution is 5.82. The molecule has 0 aliphatic rings. The first-order valence-corrected chi connectivity index (χ1v) is 5.35. The fourth-order valence-electron chi connectivity index (χ4n) is 1.88. The molecule has 2 heteroatoms. The number of pyridine rings is 1. The lowest BCUT2D eigenvalue weighted by Crippen LogP contribution is -1.78. The monoisotopic (exact) mass is 208 g/mol. The largest absolute Gasteiger partial charge is 0.353 e. The van der Waals surface area contributed by atoms with Crippen molar-refractivity contribution in [2.75, 3.05) is 0 Å². The normalized spacial score (nSPS) is 10.8. The Labute approximate surface area is 94.0 Å². The topological polar surface area (TPSA) is 28.7 Å². The maximum absolute atomic E-state index is 4.49. The Morgan fingerprint density at radius 1 is 1.00 bits per heavy atom. The number of fused-ring (bicyclic) bond motifs is 1. The second-order valence-electron chi connectivity index (χ2n) is 3.93. The van der Waals surface area contributed by atoms with Crippen LogP contribution < -0.4 is 0 Å². The highest BCUT2D eigenvalue weighted by atomic mass is 14.8. The summed E-state index contributed by atoms with van der Waals surface area (Å²) >= 11 is 0. The zero-order valence-corrected chi connectivity index (χ0v) is 9.07. The van der Waals surface area contributed by atoms with Gasteiger partial charge in [0.1, 0.15) is 0 Å². The molecule has 0 aliphatic carbocycles. The van der Waals surface area contributed by atoms with E-state index in [0.717, 1.165) is 22.4 Å². The van der Waals surface area contributed by atoms with Crippen molar-refractivity contribution in [3.05, 3.63) is 54.2 Å². The van der Waals surface area contributed by atoms with Crippen molar-refractivity contribution in [1.29, 1.82) is 0 Å². The summed E-state index contributed by atoms with van der Waals surface area (Å²) in [6.07, 6.45) is 0. The lowest BCUT2D eigenvalue weighted by Gasteiger charge is -1.94.